The number of hydrogen-bond acceptors (Lipinski definition) is 5. The van der Waals surface area contributed by atoms with E-state index in [0.717, 1.165) is 11.3 Å². The fourth-order valence-electron chi connectivity index (χ4n) is 3.30. The second kappa shape index (κ2) is 7.03. The number of carbonyl (C=O) groups is 1. The van der Waals surface area contributed by atoms with Crippen LogP contribution in [0.15, 0.2) is 36.4 Å². The number of nitrogens with zero attached hydrogens (tertiary/aromatic N) is 2. The second-order valence-electron chi connectivity index (χ2n) is 6.07. The summed E-state index contributed by atoms with van der Waals surface area (Å²) < 4.78 is 10.7. The van der Waals surface area contributed by atoms with Crippen LogP contribution in [0.4, 0.5) is 11.4 Å². The molecule has 0 saturated heterocycles. The first-order valence-corrected chi connectivity index (χ1v) is 8.38. The molecule has 3 rings (SSSR count). The molecule has 1 unspecified atom stereocenters. The molecule has 0 aliphatic carbocycles. The molecule has 1 aliphatic rings. The van der Waals surface area contributed by atoms with E-state index < -0.39 is 10.8 Å². The lowest BCUT2D eigenvalue weighted by Crippen LogP contribution is -2.36. The predicted molar refractivity (Wildman–Crippen MR) is 97.2 cm³/mol. The van der Waals surface area contributed by atoms with Gasteiger partial charge in [0, 0.05) is 17.8 Å². The number of nitro groups is 1. The molecule has 1 amide bonds. The monoisotopic (exact) mass is 356 g/mol. The van der Waals surface area contributed by atoms with E-state index >= 15 is 0 Å². The molecule has 7 heteroatoms. The van der Waals surface area contributed by atoms with Crippen molar-refractivity contribution in [2.75, 3.05) is 18.6 Å². The van der Waals surface area contributed by atoms with Gasteiger partial charge in [0.15, 0.2) is 11.5 Å². The van der Waals surface area contributed by atoms with Crippen LogP contribution in [0, 0.1) is 10.1 Å². The quantitative estimate of drug-likeness (QED) is 0.604. The van der Waals surface area contributed by atoms with Gasteiger partial charge >= 0.3 is 0 Å². The smallest absolute Gasteiger partial charge is 0.286 e. The SMILES string of the molecule is CCOc1cc(C(=O)N2c3ccccc3CC2C)c([N+](=O)[O-])cc1OC. The van der Waals surface area contributed by atoms with Crippen molar-refractivity contribution < 1.29 is 19.2 Å². The van der Waals surface area contributed by atoms with Crippen LogP contribution in [0.3, 0.4) is 0 Å². The maximum atomic E-state index is 13.2. The minimum atomic E-state index is -0.571. The summed E-state index contributed by atoms with van der Waals surface area (Å²) in [6, 6.07) is 10.1. The fraction of sp³-hybridized carbons (Fsp3) is 0.316. The van der Waals surface area contributed by atoms with Gasteiger partial charge in [-0.2, -0.15) is 0 Å². The molecule has 2 aromatic carbocycles. The van der Waals surface area contributed by atoms with Crippen LogP contribution in [0.5, 0.6) is 11.5 Å². The van der Waals surface area contributed by atoms with Gasteiger partial charge in [0.2, 0.25) is 0 Å². The number of carbonyl (C=O) groups excluding carboxylic acids is 1. The van der Waals surface area contributed by atoms with Crippen LogP contribution >= 0.6 is 0 Å². The minimum absolute atomic E-state index is 0.0113. The van der Waals surface area contributed by atoms with Crippen molar-refractivity contribution in [3.8, 4) is 11.5 Å². The number of nitro benzene ring substituents is 1. The third kappa shape index (κ3) is 2.96. The summed E-state index contributed by atoms with van der Waals surface area (Å²) in [7, 11) is 1.40. The number of hydrogen-bond donors (Lipinski definition) is 0. The van der Waals surface area contributed by atoms with E-state index in [0.29, 0.717) is 18.8 Å². The Morgan fingerprint density at radius 2 is 2.04 bits per heavy atom. The van der Waals surface area contributed by atoms with Gasteiger partial charge in [0.1, 0.15) is 5.56 Å². The van der Waals surface area contributed by atoms with Gasteiger partial charge in [0.05, 0.1) is 24.7 Å². The zero-order valence-electron chi connectivity index (χ0n) is 14.9. The molecular weight excluding hydrogens is 336 g/mol. The molecule has 1 heterocycles. The molecule has 0 aromatic heterocycles. The van der Waals surface area contributed by atoms with E-state index in [9.17, 15) is 14.9 Å². The van der Waals surface area contributed by atoms with Crippen molar-refractivity contribution in [3.05, 3.63) is 57.6 Å². The molecule has 7 nitrogen and oxygen atoms in total. The number of anilines is 1. The minimum Gasteiger partial charge on any atom is -0.493 e. The lowest BCUT2D eigenvalue weighted by molar-refractivity contribution is -0.385. The summed E-state index contributed by atoms with van der Waals surface area (Å²) in [5.74, 6) is 0.117. The summed E-state index contributed by atoms with van der Waals surface area (Å²) >= 11 is 0. The first-order valence-electron chi connectivity index (χ1n) is 8.38. The Morgan fingerprint density at radius 1 is 1.31 bits per heavy atom. The van der Waals surface area contributed by atoms with Crippen LogP contribution < -0.4 is 14.4 Å². The van der Waals surface area contributed by atoms with Crippen molar-refractivity contribution in [2.24, 2.45) is 0 Å². The molecule has 136 valence electrons. The second-order valence-corrected chi connectivity index (χ2v) is 6.07. The lowest BCUT2D eigenvalue weighted by atomic mass is 10.1. The molecular formula is C19H20N2O5. The Kier molecular flexibility index (Phi) is 4.79. The van der Waals surface area contributed by atoms with Crippen molar-refractivity contribution in [1.82, 2.24) is 0 Å². The van der Waals surface area contributed by atoms with Crippen molar-refractivity contribution in [1.29, 1.82) is 0 Å². The molecule has 0 N–H and O–H groups in total. The van der Waals surface area contributed by atoms with Crippen LogP contribution in [0.25, 0.3) is 0 Å². The number of methoxy groups -OCH3 is 1. The van der Waals surface area contributed by atoms with Gasteiger partial charge in [-0.15, -0.1) is 0 Å². The highest BCUT2D eigenvalue weighted by atomic mass is 16.6. The molecule has 0 fully saturated rings. The molecule has 0 bridgehead atoms. The van der Waals surface area contributed by atoms with Crippen molar-refractivity contribution >= 4 is 17.3 Å². The van der Waals surface area contributed by atoms with Gasteiger partial charge < -0.3 is 14.4 Å². The summed E-state index contributed by atoms with van der Waals surface area (Å²) in [6.45, 7) is 4.07. The summed E-state index contributed by atoms with van der Waals surface area (Å²) in [5.41, 5.74) is 1.53. The van der Waals surface area contributed by atoms with Crippen LogP contribution in [0.1, 0.15) is 29.8 Å². The van der Waals surface area contributed by atoms with Crippen LogP contribution in [-0.4, -0.2) is 30.6 Å². The Labute approximate surface area is 151 Å². The third-order valence-electron chi connectivity index (χ3n) is 4.43. The Morgan fingerprint density at radius 3 is 2.69 bits per heavy atom. The van der Waals surface area contributed by atoms with Crippen molar-refractivity contribution in [3.63, 3.8) is 0 Å². The number of amides is 1. The Hall–Kier alpha value is -3.09. The number of ether oxygens (including phenoxy) is 2. The van der Waals surface area contributed by atoms with Crippen molar-refractivity contribution in [2.45, 2.75) is 26.3 Å². The number of para-hydroxylation sites is 1. The van der Waals surface area contributed by atoms with Gasteiger partial charge in [0.25, 0.3) is 11.6 Å². The summed E-state index contributed by atoms with van der Waals surface area (Å²) in [4.78, 5) is 25.8. The average molecular weight is 356 g/mol. The number of fused-ring (bicyclic) bond motifs is 1. The van der Waals surface area contributed by atoms with Gasteiger partial charge in [-0.05, 0) is 31.9 Å². The highest BCUT2D eigenvalue weighted by Gasteiger charge is 2.35. The van der Waals surface area contributed by atoms with Crippen LogP contribution in [-0.2, 0) is 6.42 Å². The predicted octanol–water partition coefficient (Wildman–Crippen LogP) is 3.59. The highest BCUT2D eigenvalue weighted by molar-refractivity contribution is 6.10. The molecule has 1 atom stereocenters. The standard InChI is InChI=1S/C19H20N2O5/c1-4-26-18-10-14(16(21(23)24)11-17(18)25-3)19(22)20-12(2)9-13-7-5-6-8-15(13)20/h5-8,10-12H,4,9H2,1-3H3. The van der Waals surface area contributed by atoms with Gasteiger partial charge in [-0.25, -0.2) is 0 Å². The maximum absolute atomic E-state index is 13.2. The number of benzene rings is 2. The highest BCUT2D eigenvalue weighted by Crippen LogP contribution is 2.38. The summed E-state index contributed by atoms with van der Waals surface area (Å²) in [6.07, 6.45) is 0.712. The normalized spacial score (nSPS) is 15.5. The molecule has 0 saturated carbocycles. The van der Waals surface area contributed by atoms with Crippen LogP contribution in [0.2, 0.25) is 0 Å². The molecule has 0 radical (unpaired) electrons. The van der Waals surface area contributed by atoms with E-state index in [4.69, 9.17) is 9.47 Å². The van der Waals surface area contributed by atoms with E-state index in [1.807, 2.05) is 31.2 Å². The summed E-state index contributed by atoms with van der Waals surface area (Å²) in [5, 5.41) is 11.5. The molecule has 26 heavy (non-hydrogen) atoms. The van der Waals surface area contributed by atoms with Gasteiger partial charge in [-0.1, -0.05) is 18.2 Å². The lowest BCUT2D eigenvalue weighted by Gasteiger charge is -2.23. The third-order valence-corrected chi connectivity index (χ3v) is 4.43. The first-order chi connectivity index (χ1) is 12.5. The topological polar surface area (TPSA) is 81.9 Å². The molecule has 0 spiro atoms. The Bertz CT molecular complexity index is 865. The number of rotatable bonds is 5. The first kappa shape index (κ1) is 17.7. The van der Waals surface area contributed by atoms with Gasteiger partial charge in [-0.3, -0.25) is 14.9 Å². The molecule has 1 aliphatic heterocycles. The van der Waals surface area contributed by atoms with E-state index in [2.05, 4.69) is 0 Å². The van der Waals surface area contributed by atoms with E-state index in [-0.39, 0.29) is 23.0 Å². The van der Waals surface area contributed by atoms with E-state index in [1.54, 1.807) is 11.8 Å². The Balaban J connectivity index is 2.11. The fourth-order valence-corrected chi connectivity index (χ4v) is 3.30. The van der Waals surface area contributed by atoms with E-state index in [1.165, 1.54) is 19.2 Å². The largest absolute Gasteiger partial charge is 0.493 e. The molecule has 2 aromatic rings. The zero-order chi connectivity index (χ0) is 18.8. The average Bonchev–Trinajstić information content (AvgIpc) is 2.96. The maximum Gasteiger partial charge on any atom is 0.286 e. The zero-order valence-corrected chi connectivity index (χ0v) is 14.9.